The molecule has 1 N–H and O–H groups in total. The van der Waals surface area contributed by atoms with Gasteiger partial charge in [0.1, 0.15) is 5.75 Å². The van der Waals surface area contributed by atoms with Gasteiger partial charge < -0.3 is 10.1 Å². The van der Waals surface area contributed by atoms with E-state index in [1.165, 1.54) is 18.2 Å². The zero-order valence-corrected chi connectivity index (χ0v) is 7.27. The van der Waals surface area contributed by atoms with E-state index in [1.54, 1.807) is 6.07 Å². The Kier molecular flexibility index (Phi) is 3.22. The molecule has 0 aliphatic carbocycles. The lowest BCUT2D eigenvalue weighted by molar-refractivity contribution is -0.274. The van der Waals surface area contributed by atoms with E-state index in [9.17, 15) is 13.2 Å². The van der Waals surface area contributed by atoms with Gasteiger partial charge in [0.15, 0.2) is 0 Å². The molecule has 14 heavy (non-hydrogen) atoms. The maximum atomic E-state index is 11.8. The first-order chi connectivity index (χ1) is 6.51. The lowest BCUT2D eigenvalue weighted by Gasteiger charge is -2.10. The first-order valence-corrected chi connectivity index (χ1v) is 3.90. The molecule has 77 valence electrons. The van der Waals surface area contributed by atoms with Crippen LogP contribution in [0.2, 0.25) is 0 Å². The minimum Gasteiger partial charge on any atom is -0.406 e. The monoisotopic (exact) mass is 204 g/mol. The smallest absolute Gasteiger partial charge is 0.406 e. The number of nitrogens with one attached hydrogen (secondary N) is 1. The summed E-state index contributed by atoms with van der Waals surface area (Å²) < 4.78 is 39.1. The van der Waals surface area contributed by atoms with Crippen LogP contribution in [0.5, 0.6) is 5.75 Å². The number of benzene rings is 1. The van der Waals surface area contributed by atoms with Crippen LogP contribution in [-0.4, -0.2) is 12.9 Å². The summed E-state index contributed by atoms with van der Waals surface area (Å²) in [6, 6.07) is 5.61. The quantitative estimate of drug-likeness (QED) is 0.817. The number of halogens is 3. The average molecular weight is 204 g/mol. The van der Waals surface area contributed by atoms with E-state index in [0.29, 0.717) is 12.2 Å². The molecule has 2 nitrogen and oxygen atoms in total. The van der Waals surface area contributed by atoms with Crippen molar-refractivity contribution in [2.45, 2.75) is 6.36 Å². The Morgan fingerprint density at radius 1 is 1.36 bits per heavy atom. The highest BCUT2D eigenvalue weighted by Crippen LogP contribution is 2.24. The fourth-order valence-corrected chi connectivity index (χ4v) is 0.948. The Balaban J connectivity index is 2.73. The van der Waals surface area contributed by atoms with Crippen LogP contribution in [0.3, 0.4) is 0 Å². The molecule has 0 bridgehead atoms. The Morgan fingerprint density at radius 2 is 2.07 bits per heavy atom. The van der Waals surface area contributed by atoms with E-state index in [0.717, 1.165) is 0 Å². The molecule has 1 aromatic rings. The normalized spacial score (nSPS) is 11.1. The maximum absolute atomic E-state index is 11.8. The van der Waals surface area contributed by atoms with E-state index in [1.807, 2.05) is 0 Å². The van der Waals surface area contributed by atoms with Crippen LogP contribution in [-0.2, 0) is 0 Å². The molecule has 0 saturated heterocycles. The van der Waals surface area contributed by atoms with Crippen molar-refractivity contribution in [3.8, 4) is 5.75 Å². The van der Waals surface area contributed by atoms with Gasteiger partial charge in [0.25, 0.3) is 0 Å². The summed E-state index contributed by atoms with van der Waals surface area (Å²) in [5.41, 5.74) is 0.543. The Bertz CT molecular complexity index is 298. The van der Waals surface area contributed by atoms with Crippen molar-refractivity contribution >= 4 is 5.69 Å². The summed E-state index contributed by atoms with van der Waals surface area (Å²) >= 11 is 0. The second kappa shape index (κ2) is 4.21. The predicted octanol–water partition coefficient (Wildman–Crippen LogP) is 2.83. The van der Waals surface area contributed by atoms with Crippen LogP contribution in [0.4, 0.5) is 18.9 Å². The van der Waals surface area contributed by atoms with Crippen LogP contribution < -0.4 is 10.1 Å². The Morgan fingerprint density at radius 3 is 2.64 bits per heavy atom. The van der Waals surface area contributed by atoms with Crippen molar-refractivity contribution in [3.63, 3.8) is 0 Å². The standard InChI is InChI=1S/C9H9F3NO/c1-2-13-7-4-3-5-8(6-7)14-9(10,11)12/h3-6,13H,1-2H2. The van der Waals surface area contributed by atoms with Gasteiger partial charge in [-0.1, -0.05) is 6.07 Å². The highest BCUT2D eigenvalue weighted by Gasteiger charge is 2.31. The summed E-state index contributed by atoms with van der Waals surface area (Å²) in [5, 5.41) is 2.78. The summed E-state index contributed by atoms with van der Waals surface area (Å²) in [5.74, 6) is -0.240. The molecule has 0 aromatic heterocycles. The van der Waals surface area contributed by atoms with Gasteiger partial charge in [0, 0.05) is 18.3 Å². The summed E-state index contributed by atoms with van der Waals surface area (Å²) in [6.07, 6.45) is -4.65. The van der Waals surface area contributed by atoms with Gasteiger partial charge in [-0.3, -0.25) is 0 Å². The molecule has 1 aromatic carbocycles. The highest BCUT2D eigenvalue weighted by molar-refractivity contribution is 5.48. The molecule has 0 spiro atoms. The van der Waals surface area contributed by atoms with Gasteiger partial charge >= 0.3 is 6.36 Å². The third-order valence-electron chi connectivity index (χ3n) is 1.40. The van der Waals surface area contributed by atoms with Crippen LogP contribution in [0.25, 0.3) is 0 Å². The molecule has 0 atom stereocenters. The van der Waals surface area contributed by atoms with Crippen LogP contribution in [0, 0.1) is 6.92 Å². The van der Waals surface area contributed by atoms with Crippen LogP contribution in [0.15, 0.2) is 24.3 Å². The number of ether oxygens (including phenoxy) is 1. The zero-order chi connectivity index (χ0) is 10.6. The van der Waals surface area contributed by atoms with Crippen molar-refractivity contribution in [3.05, 3.63) is 31.2 Å². The molecule has 0 saturated carbocycles. The summed E-state index contributed by atoms with van der Waals surface area (Å²) in [6.45, 7) is 3.91. The number of rotatable bonds is 3. The second-order valence-electron chi connectivity index (χ2n) is 2.50. The lowest BCUT2D eigenvalue weighted by atomic mass is 10.3. The number of hydrogen-bond donors (Lipinski definition) is 1. The molecule has 0 aliphatic rings. The average Bonchev–Trinajstić information content (AvgIpc) is 2.02. The molecule has 5 heteroatoms. The van der Waals surface area contributed by atoms with Gasteiger partial charge in [-0.15, -0.1) is 13.2 Å². The fourth-order valence-electron chi connectivity index (χ4n) is 0.948. The van der Waals surface area contributed by atoms with Gasteiger partial charge in [-0.25, -0.2) is 0 Å². The number of hydrogen-bond acceptors (Lipinski definition) is 2. The van der Waals surface area contributed by atoms with Gasteiger partial charge in [0.05, 0.1) is 0 Å². The Labute approximate surface area is 79.7 Å². The van der Waals surface area contributed by atoms with Crippen LogP contribution in [0.1, 0.15) is 0 Å². The van der Waals surface area contributed by atoms with Gasteiger partial charge in [-0.2, -0.15) is 0 Å². The van der Waals surface area contributed by atoms with E-state index in [2.05, 4.69) is 17.0 Å². The van der Waals surface area contributed by atoms with Crippen molar-refractivity contribution in [2.24, 2.45) is 0 Å². The van der Waals surface area contributed by atoms with Crippen molar-refractivity contribution in [1.82, 2.24) is 0 Å². The maximum Gasteiger partial charge on any atom is 0.573 e. The molecule has 0 aliphatic heterocycles. The first kappa shape index (κ1) is 10.7. The van der Waals surface area contributed by atoms with Crippen molar-refractivity contribution in [1.29, 1.82) is 0 Å². The summed E-state index contributed by atoms with van der Waals surface area (Å²) in [7, 11) is 0. The van der Waals surface area contributed by atoms with E-state index in [-0.39, 0.29) is 5.75 Å². The zero-order valence-electron chi connectivity index (χ0n) is 7.27. The third-order valence-corrected chi connectivity index (χ3v) is 1.40. The molecular weight excluding hydrogens is 195 g/mol. The SMILES string of the molecule is [CH2]CNc1cccc(OC(F)(F)F)c1. The minimum atomic E-state index is -4.65. The van der Waals surface area contributed by atoms with E-state index >= 15 is 0 Å². The number of anilines is 1. The van der Waals surface area contributed by atoms with Gasteiger partial charge in [-0.05, 0) is 19.1 Å². The van der Waals surface area contributed by atoms with Gasteiger partial charge in [0.2, 0.25) is 0 Å². The lowest BCUT2D eigenvalue weighted by Crippen LogP contribution is -2.17. The molecule has 1 rings (SSSR count). The summed E-state index contributed by atoms with van der Waals surface area (Å²) in [4.78, 5) is 0. The highest BCUT2D eigenvalue weighted by atomic mass is 19.4. The van der Waals surface area contributed by atoms with E-state index in [4.69, 9.17) is 0 Å². The van der Waals surface area contributed by atoms with Crippen molar-refractivity contribution in [2.75, 3.05) is 11.9 Å². The van der Waals surface area contributed by atoms with Crippen LogP contribution >= 0.6 is 0 Å². The predicted molar refractivity (Wildman–Crippen MR) is 47.0 cm³/mol. The number of alkyl halides is 3. The topological polar surface area (TPSA) is 21.3 Å². The first-order valence-electron chi connectivity index (χ1n) is 3.90. The molecule has 1 radical (unpaired) electrons. The fraction of sp³-hybridized carbons (Fsp3) is 0.222. The molecule has 0 heterocycles. The molecule has 0 amide bonds. The van der Waals surface area contributed by atoms with E-state index < -0.39 is 6.36 Å². The molecule has 0 unspecified atom stereocenters. The largest absolute Gasteiger partial charge is 0.573 e. The molecular formula is C9H9F3NO. The minimum absolute atomic E-state index is 0.240. The van der Waals surface area contributed by atoms with Crippen molar-refractivity contribution < 1.29 is 17.9 Å². The second-order valence-corrected chi connectivity index (χ2v) is 2.50. The molecule has 0 fully saturated rings. The third kappa shape index (κ3) is 3.55. The Hall–Kier alpha value is -1.39.